The highest BCUT2D eigenvalue weighted by molar-refractivity contribution is 6.30. The molecular weight excluding hydrogens is 486 g/mol. The fourth-order valence-corrected chi connectivity index (χ4v) is 5.45. The lowest BCUT2D eigenvalue weighted by Crippen LogP contribution is -2.43. The van der Waals surface area contributed by atoms with Crippen LogP contribution < -0.4 is 4.74 Å². The molecule has 0 atom stereocenters. The minimum Gasteiger partial charge on any atom is -0.488 e. The Balaban J connectivity index is 1.25. The SMILES string of the molecule is OC(O)COc1cc(Cl)ccc1Cn1ccc(CN2CCC(c3ccccc3)(c3ccccc3)CC2)n1. The lowest BCUT2D eigenvalue weighted by Gasteiger charge is -2.42. The van der Waals surface area contributed by atoms with Gasteiger partial charge in [0, 0.05) is 28.7 Å². The third-order valence-corrected chi connectivity index (χ3v) is 7.43. The molecule has 2 heterocycles. The first-order chi connectivity index (χ1) is 18.0. The molecule has 0 amide bonds. The summed E-state index contributed by atoms with van der Waals surface area (Å²) in [6.45, 7) is 3.07. The zero-order chi connectivity index (χ0) is 25.7. The summed E-state index contributed by atoms with van der Waals surface area (Å²) < 4.78 is 7.42. The maximum atomic E-state index is 9.16. The average Bonchev–Trinajstić information content (AvgIpc) is 3.37. The standard InChI is InChI=1S/C30H32ClN3O3/c31-26-12-11-23(28(19-26)37-22-29(35)36)20-34-16-13-27(32-34)21-33-17-14-30(15-18-33,24-7-3-1-4-8-24)25-9-5-2-6-10-25/h1-13,16,19,29,35-36H,14-15,17-18,20-22H2. The van der Waals surface area contributed by atoms with Crippen LogP contribution in [0.25, 0.3) is 0 Å². The number of halogens is 1. The number of ether oxygens (including phenoxy) is 1. The van der Waals surface area contributed by atoms with E-state index in [0.717, 1.165) is 43.7 Å². The van der Waals surface area contributed by atoms with Gasteiger partial charge in [-0.15, -0.1) is 0 Å². The van der Waals surface area contributed by atoms with Gasteiger partial charge in [-0.3, -0.25) is 9.58 Å². The number of rotatable bonds is 9. The molecule has 5 rings (SSSR count). The Morgan fingerprint density at radius 2 is 1.51 bits per heavy atom. The smallest absolute Gasteiger partial charge is 0.186 e. The molecular formula is C30H32ClN3O3. The quantitative estimate of drug-likeness (QED) is 0.310. The molecule has 4 aromatic rings. The second-order valence-corrected chi connectivity index (χ2v) is 10.1. The summed E-state index contributed by atoms with van der Waals surface area (Å²) >= 11 is 6.11. The van der Waals surface area contributed by atoms with Crippen LogP contribution in [0.2, 0.25) is 5.02 Å². The minimum absolute atomic E-state index is 0.0332. The molecule has 0 bridgehead atoms. The van der Waals surface area contributed by atoms with Gasteiger partial charge in [0.05, 0.1) is 12.2 Å². The second kappa shape index (κ2) is 11.5. The Morgan fingerprint density at radius 1 is 0.865 bits per heavy atom. The average molecular weight is 518 g/mol. The Morgan fingerprint density at radius 3 is 2.14 bits per heavy atom. The van der Waals surface area contributed by atoms with Crippen molar-refractivity contribution in [1.29, 1.82) is 0 Å². The van der Waals surface area contributed by atoms with E-state index < -0.39 is 6.29 Å². The zero-order valence-electron chi connectivity index (χ0n) is 20.7. The van der Waals surface area contributed by atoms with Gasteiger partial charge in [0.1, 0.15) is 12.4 Å². The van der Waals surface area contributed by atoms with E-state index in [1.165, 1.54) is 11.1 Å². The molecule has 1 aliphatic heterocycles. The van der Waals surface area contributed by atoms with Gasteiger partial charge in [-0.05, 0) is 55.3 Å². The van der Waals surface area contributed by atoms with Crippen LogP contribution in [0.3, 0.4) is 0 Å². The van der Waals surface area contributed by atoms with Crippen LogP contribution in [-0.2, 0) is 18.5 Å². The van der Waals surface area contributed by atoms with E-state index in [2.05, 4.69) is 71.6 Å². The largest absolute Gasteiger partial charge is 0.488 e. The Kier molecular flexibility index (Phi) is 7.91. The Labute approximate surface area is 222 Å². The highest BCUT2D eigenvalue weighted by Gasteiger charge is 2.37. The van der Waals surface area contributed by atoms with Gasteiger partial charge in [0.25, 0.3) is 0 Å². The third-order valence-electron chi connectivity index (χ3n) is 7.19. The van der Waals surface area contributed by atoms with E-state index in [1.54, 1.807) is 12.1 Å². The number of aliphatic hydroxyl groups excluding tert-OH is 1. The van der Waals surface area contributed by atoms with Crippen molar-refractivity contribution in [3.63, 3.8) is 0 Å². The first-order valence-electron chi connectivity index (χ1n) is 12.6. The van der Waals surface area contributed by atoms with Crippen LogP contribution in [0.5, 0.6) is 5.75 Å². The first-order valence-corrected chi connectivity index (χ1v) is 13.0. The predicted octanol–water partition coefficient (Wildman–Crippen LogP) is 4.86. The Hall–Kier alpha value is -3.16. The molecule has 6 nitrogen and oxygen atoms in total. The lowest BCUT2D eigenvalue weighted by molar-refractivity contribution is -0.0682. The molecule has 3 aromatic carbocycles. The third kappa shape index (κ3) is 6.05. The van der Waals surface area contributed by atoms with Gasteiger partial charge in [0.2, 0.25) is 0 Å². The predicted molar refractivity (Wildman–Crippen MR) is 145 cm³/mol. The summed E-state index contributed by atoms with van der Waals surface area (Å²) in [5, 5.41) is 23.6. The first kappa shape index (κ1) is 25.5. The van der Waals surface area contributed by atoms with Gasteiger partial charge in [0.15, 0.2) is 6.29 Å². The number of hydrogen-bond acceptors (Lipinski definition) is 5. The summed E-state index contributed by atoms with van der Waals surface area (Å²) in [6, 6.07) is 29.2. The van der Waals surface area contributed by atoms with Gasteiger partial charge in [-0.25, -0.2) is 0 Å². The van der Waals surface area contributed by atoms with Crippen molar-refractivity contribution >= 4 is 11.6 Å². The molecule has 0 saturated carbocycles. The fourth-order valence-electron chi connectivity index (χ4n) is 5.29. The summed E-state index contributed by atoms with van der Waals surface area (Å²) in [4.78, 5) is 2.48. The summed E-state index contributed by atoms with van der Waals surface area (Å²) in [6.07, 6.45) is 2.54. The number of aromatic nitrogens is 2. The van der Waals surface area contributed by atoms with E-state index in [9.17, 15) is 0 Å². The number of nitrogens with zero attached hydrogens (tertiary/aromatic N) is 3. The topological polar surface area (TPSA) is 70.8 Å². The van der Waals surface area contributed by atoms with Gasteiger partial charge in [-0.2, -0.15) is 5.10 Å². The van der Waals surface area contributed by atoms with E-state index in [-0.39, 0.29) is 12.0 Å². The molecule has 1 aliphatic rings. The van der Waals surface area contributed by atoms with Crippen LogP contribution in [0.1, 0.15) is 35.2 Å². The van der Waals surface area contributed by atoms with Crippen molar-refractivity contribution in [3.05, 3.63) is 119 Å². The monoisotopic (exact) mass is 517 g/mol. The number of piperidine rings is 1. The van der Waals surface area contributed by atoms with Crippen molar-refractivity contribution in [2.45, 2.75) is 37.6 Å². The van der Waals surface area contributed by atoms with Gasteiger partial charge >= 0.3 is 0 Å². The highest BCUT2D eigenvalue weighted by Crippen LogP contribution is 2.41. The zero-order valence-corrected chi connectivity index (χ0v) is 21.5. The summed E-state index contributed by atoms with van der Waals surface area (Å²) in [5.41, 5.74) is 4.70. The van der Waals surface area contributed by atoms with Crippen LogP contribution in [0.4, 0.5) is 0 Å². The molecule has 192 valence electrons. The number of benzene rings is 3. The number of aliphatic hydroxyl groups is 2. The number of hydrogen-bond donors (Lipinski definition) is 2. The Bertz CT molecular complexity index is 1240. The van der Waals surface area contributed by atoms with Crippen molar-refractivity contribution in [3.8, 4) is 5.75 Å². The maximum Gasteiger partial charge on any atom is 0.186 e. The highest BCUT2D eigenvalue weighted by atomic mass is 35.5. The molecule has 0 radical (unpaired) electrons. The van der Waals surface area contributed by atoms with E-state index in [4.69, 9.17) is 31.6 Å². The molecule has 0 aliphatic carbocycles. The van der Waals surface area contributed by atoms with Crippen LogP contribution >= 0.6 is 11.6 Å². The van der Waals surface area contributed by atoms with Crippen molar-refractivity contribution in [1.82, 2.24) is 14.7 Å². The summed E-state index contributed by atoms with van der Waals surface area (Å²) in [5.74, 6) is 0.520. The minimum atomic E-state index is -1.55. The maximum absolute atomic E-state index is 9.16. The van der Waals surface area contributed by atoms with Crippen LogP contribution in [0, 0.1) is 0 Å². The normalized spacial score (nSPS) is 15.7. The van der Waals surface area contributed by atoms with Crippen molar-refractivity contribution in [2.75, 3.05) is 19.7 Å². The number of likely N-dealkylation sites (tertiary alicyclic amines) is 1. The molecule has 0 unspecified atom stereocenters. The van der Waals surface area contributed by atoms with Crippen molar-refractivity contribution in [2.24, 2.45) is 0 Å². The lowest BCUT2D eigenvalue weighted by atomic mass is 9.68. The fraction of sp³-hybridized carbons (Fsp3) is 0.300. The van der Waals surface area contributed by atoms with Gasteiger partial charge in [-0.1, -0.05) is 78.3 Å². The molecule has 1 aromatic heterocycles. The van der Waals surface area contributed by atoms with E-state index >= 15 is 0 Å². The molecule has 37 heavy (non-hydrogen) atoms. The molecule has 2 N–H and O–H groups in total. The van der Waals surface area contributed by atoms with Crippen LogP contribution in [-0.4, -0.2) is 50.9 Å². The van der Waals surface area contributed by atoms with Gasteiger partial charge < -0.3 is 14.9 Å². The van der Waals surface area contributed by atoms with E-state index in [0.29, 0.717) is 17.3 Å². The van der Waals surface area contributed by atoms with Crippen LogP contribution in [0.15, 0.2) is 91.1 Å². The molecule has 1 fully saturated rings. The molecule has 0 spiro atoms. The second-order valence-electron chi connectivity index (χ2n) is 9.64. The molecule has 7 heteroatoms. The summed E-state index contributed by atoms with van der Waals surface area (Å²) in [7, 11) is 0. The molecule has 1 saturated heterocycles. The van der Waals surface area contributed by atoms with E-state index in [1.807, 2.05) is 16.9 Å². The van der Waals surface area contributed by atoms with Crippen molar-refractivity contribution < 1.29 is 14.9 Å².